The molecule has 0 saturated heterocycles. The van der Waals surface area contributed by atoms with Crippen LogP contribution in [0.3, 0.4) is 0 Å². The summed E-state index contributed by atoms with van der Waals surface area (Å²) in [6.45, 7) is 8.11. The van der Waals surface area contributed by atoms with Gasteiger partial charge in [0.1, 0.15) is 5.82 Å². The molecule has 0 saturated carbocycles. The lowest BCUT2D eigenvalue weighted by Gasteiger charge is -2.26. The highest BCUT2D eigenvalue weighted by atomic mass is 19.1. The van der Waals surface area contributed by atoms with Gasteiger partial charge in [-0.05, 0) is 37.7 Å². The molecule has 0 radical (unpaired) electrons. The quantitative estimate of drug-likeness (QED) is 0.715. The second-order valence-electron chi connectivity index (χ2n) is 3.80. The third-order valence-electron chi connectivity index (χ3n) is 2.99. The monoisotopic (exact) mass is 223 g/mol. The average molecular weight is 223 g/mol. The number of hydrogen-bond acceptors (Lipinski definition) is 2. The van der Waals surface area contributed by atoms with Gasteiger partial charge < -0.3 is 0 Å². The van der Waals surface area contributed by atoms with Crippen LogP contribution in [0.15, 0.2) is 18.2 Å². The first-order valence-corrected chi connectivity index (χ1v) is 5.62. The fourth-order valence-corrected chi connectivity index (χ4v) is 1.89. The van der Waals surface area contributed by atoms with Crippen molar-refractivity contribution in [2.75, 3.05) is 13.1 Å². The van der Waals surface area contributed by atoms with Crippen LogP contribution in [0.2, 0.25) is 0 Å². The lowest BCUT2D eigenvalue weighted by atomic mass is 10.0. The Kier molecular flexibility index (Phi) is 4.62. The smallest absolute Gasteiger partial charge is 0.153 e. The van der Waals surface area contributed by atoms with Crippen LogP contribution in [0.25, 0.3) is 0 Å². The lowest BCUT2D eigenvalue weighted by molar-refractivity contribution is 0.111. The van der Waals surface area contributed by atoms with E-state index in [1.165, 1.54) is 6.07 Å². The molecule has 0 fully saturated rings. The summed E-state index contributed by atoms with van der Waals surface area (Å²) >= 11 is 0. The molecule has 0 aliphatic rings. The zero-order chi connectivity index (χ0) is 12.1. The Bertz CT molecular complexity index is 361. The molecule has 1 atom stereocenters. The van der Waals surface area contributed by atoms with E-state index in [1.54, 1.807) is 12.1 Å². The molecule has 88 valence electrons. The van der Waals surface area contributed by atoms with Gasteiger partial charge in [-0.15, -0.1) is 0 Å². The van der Waals surface area contributed by atoms with Crippen LogP contribution in [-0.4, -0.2) is 24.3 Å². The zero-order valence-corrected chi connectivity index (χ0v) is 10.0. The molecule has 1 rings (SSSR count). The number of halogens is 1. The summed E-state index contributed by atoms with van der Waals surface area (Å²) in [5.74, 6) is -0.453. The molecule has 0 spiro atoms. The van der Waals surface area contributed by atoms with Crippen LogP contribution in [0, 0.1) is 5.82 Å². The van der Waals surface area contributed by atoms with Crippen molar-refractivity contribution in [2.24, 2.45) is 0 Å². The van der Waals surface area contributed by atoms with E-state index in [4.69, 9.17) is 0 Å². The van der Waals surface area contributed by atoms with E-state index in [0.29, 0.717) is 6.29 Å². The van der Waals surface area contributed by atoms with Gasteiger partial charge in [0.2, 0.25) is 0 Å². The van der Waals surface area contributed by atoms with Gasteiger partial charge in [-0.25, -0.2) is 4.39 Å². The Morgan fingerprint density at radius 3 is 2.50 bits per heavy atom. The molecule has 16 heavy (non-hydrogen) atoms. The predicted octanol–water partition coefficient (Wildman–Crippen LogP) is 3.04. The Morgan fingerprint density at radius 2 is 2.00 bits per heavy atom. The molecule has 1 unspecified atom stereocenters. The molecule has 0 amide bonds. The van der Waals surface area contributed by atoms with Crippen molar-refractivity contribution in [3.05, 3.63) is 35.1 Å². The minimum Gasteiger partial charge on any atom is -0.298 e. The minimum absolute atomic E-state index is 0.136. The number of carbonyl (C=O) groups excluding carboxylic acids is 1. The van der Waals surface area contributed by atoms with Gasteiger partial charge in [0.05, 0.1) is 5.56 Å². The largest absolute Gasteiger partial charge is 0.298 e. The van der Waals surface area contributed by atoms with Crippen LogP contribution in [0.1, 0.15) is 42.7 Å². The van der Waals surface area contributed by atoms with Crippen molar-refractivity contribution < 1.29 is 9.18 Å². The summed E-state index contributed by atoms with van der Waals surface area (Å²) < 4.78 is 13.2. The minimum atomic E-state index is -0.453. The molecule has 3 heteroatoms. The number of hydrogen-bond donors (Lipinski definition) is 0. The van der Waals surface area contributed by atoms with Gasteiger partial charge in [0.25, 0.3) is 0 Å². The average Bonchev–Trinajstić information content (AvgIpc) is 2.31. The van der Waals surface area contributed by atoms with E-state index < -0.39 is 5.82 Å². The van der Waals surface area contributed by atoms with Gasteiger partial charge in [-0.2, -0.15) is 0 Å². The molecule has 0 bridgehead atoms. The third-order valence-corrected chi connectivity index (χ3v) is 2.99. The number of benzene rings is 1. The fraction of sp³-hybridized carbons (Fsp3) is 0.462. The topological polar surface area (TPSA) is 20.3 Å². The van der Waals surface area contributed by atoms with Crippen molar-refractivity contribution in [1.82, 2.24) is 4.90 Å². The maximum absolute atomic E-state index is 13.2. The molecule has 1 aromatic rings. The molecule has 0 aliphatic heterocycles. The Balaban J connectivity index is 2.99. The second-order valence-corrected chi connectivity index (χ2v) is 3.80. The number of aldehydes is 1. The van der Waals surface area contributed by atoms with Crippen LogP contribution in [0.5, 0.6) is 0 Å². The molecule has 0 aromatic heterocycles. The van der Waals surface area contributed by atoms with E-state index in [-0.39, 0.29) is 11.6 Å². The molecular formula is C13H18FNO. The Labute approximate surface area is 96.1 Å². The van der Waals surface area contributed by atoms with Crippen molar-refractivity contribution in [2.45, 2.75) is 26.8 Å². The maximum Gasteiger partial charge on any atom is 0.153 e. The maximum atomic E-state index is 13.2. The number of rotatable bonds is 5. The van der Waals surface area contributed by atoms with E-state index in [2.05, 4.69) is 25.7 Å². The highest BCUT2D eigenvalue weighted by Gasteiger charge is 2.13. The van der Waals surface area contributed by atoms with Gasteiger partial charge in [-0.1, -0.05) is 19.9 Å². The summed E-state index contributed by atoms with van der Waals surface area (Å²) in [7, 11) is 0. The van der Waals surface area contributed by atoms with Gasteiger partial charge >= 0.3 is 0 Å². The van der Waals surface area contributed by atoms with E-state index in [9.17, 15) is 9.18 Å². The van der Waals surface area contributed by atoms with Crippen molar-refractivity contribution in [1.29, 1.82) is 0 Å². The van der Waals surface area contributed by atoms with Crippen molar-refractivity contribution >= 4 is 6.29 Å². The van der Waals surface area contributed by atoms with E-state index in [0.717, 1.165) is 18.7 Å². The first-order chi connectivity index (χ1) is 7.63. The van der Waals surface area contributed by atoms with Crippen LogP contribution in [0.4, 0.5) is 4.39 Å². The Hall–Kier alpha value is -1.22. The zero-order valence-electron chi connectivity index (χ0n) is 10.0. The van der Waals surface area contributed by atoms with Crippen LogP contribution >= 0.6 is 0 Å². The highest BCUT2D eigenvalue weighted by Crippen LogP contribution is 2.21. The molecule has 0 N–H and O–H groups in total. The standard InChI is InChI=1S/C13H18FNO/c1-4-15(5-2)10(3)11-6-7-13(14)12(8-11)9-16/h6-10H,4-5H2,1-3H3. The molecular weight excluding hydrogens is 205 g/mol. The molecule has 1 aromatic carbocycles. The SMILES string of the molecule is CCN(CC)C(C)c1ccc(F)c(C=O)c1. The summed E-state index contributed by atoms with van der Waals surface area (Å²) in [4.78, 5) is 12.9. The number of carbonyl (C=O) groups is 1. The third kappa shape index (κ3) is 2.67. The number of nitrogens with zero attached hydrogens (tertiary/aromatic N) is 1. The molecule has 0 heterocycles. The van der Waals surface area contributed by atoms with Crippen LogP contribution < -0.4 is 0 Å². The van der Waals surface area contributed by atoms with E-state index in [1.807, 2.05) is 0 Å². The van der Waals surface area contributed by atoms with Gasteiger partial charge in [-0.3, -0.25) is 9.69 Å². The normalized spacial score (nSPS) is 12.8. The van der Waals surface area contributed by atoms with Gasteiger partial charge in [0, 0.05) is 6.04 Å². The summed E-state index contributed by atoms with van der Waals surface area (Å²) in [6, 6.07) is 4.93. The first-order valence-electron chi connectivity index (χ1n) is 5.62. The first kappa shape index (κ1) is 12.8. The second kappa shape index (κ2) is 5.75. The highest BCUT2D eigenvalue weighted by molar-refractivity contribution is 5.75. The fourth-order valence-electron chi connectivity index (χ4n) is 1.89. The predicted molar refractivity (Wildman–Crippen MR) is 63.1 cm³/mol. The lowest BCUT2D eigenvalue weighted by Crippen LogP contribution is -2.26. The van der Waals surface area contributed by atoms with Crippen molar-refractivity contribution in [3.8, 4) is 0 Å². The van der Waals surface area contributed by atoms with Crippen molar-refractivity contribution in [3.63, 3.8) is 0 Å². The molecule has 2 nitrogen and oxygen atoms in total. The molecule has 0 aliphatic carbocycles. The van der Waals surface area contributed by atoms with Crippen LogP contribution in [-0.2, 0) is 0 Å². The summed E-state index contributed by atoms with van der Waals surface area (Å²) in [5.41, 5.74) is 1.11. The van der Waals surface area contributed by atoms with E-state index >= 15 is 0 Å². The summed E-state index contributed by atoms with van der Waals surface area (Å²) in [6.07, 6.45) is 0.563. The summed E-state index contributed by atoms with van der Waals surface area (Å²) in [5, 5.41) is 0. The van der Waals surface area contributed by atoms with Gasteiger partial charge in [0.15, 0.2) is 6.29 Å². The Morgan fingerprint density at radius 1 is 1.38 bits per heavy atom.